The normalized spacial score (nSPS) is 27.4. The van der Waals surface area contributed by atoms with Crippen LogP contribution in [0.15, 0.2) is 24.3 Å². The van der Waals surface area contributed by atoms with Crippen LogP contribution in [0.4, 0.5) is 0 Å². The zero-order chi connectivity index (χ0) is 16.4. The standard InChI is InChI=1S/C17H24ClN3O2/c18-13-3-1-2-12(8-13)10-20-6-4-14(5-7-20)21-11-15(22)9-16(21)17(19)23/h1-3,8,14-16,22H,4-7,9-11H2,(H2,19,23)/t15-,16+/m1/s1. The van der Waals surface area contributed by atoms with Gasteiger partial charge in [-0.3, -0.25) is 14.6 Å². The van der Waals surface area contributed by atoms with Crippen LogP contribution >= 0.6 is 11.6 Å². The Morgan fingerprint density at radius 2 is 2.09 bits per heavy atom. The Morgan fingerprint density at radius 3 is 2.74 bits per heavy atom. The van der Waals surface area contributed by atoms with Crippen molar-refractivity contribution in [3.63, 3.8) is 0 Å². The summed E-state index contributed by atoms with van der Waals surface area (Å²) in [5, 5.41) is 10.6. The zero-order valence-electron chi connectivity index (χ0n) is 13.2. The Morgan fingerprint density at radius 1 is 1.35 bits per heavy atom. The number of nitrogens with zero attached hydrogens (tertiary/aromatic N) is 2. The molecule has 0 bridgehead atoms. The van der Waals surface area contributed by atoms with Crippen LogP contribution in [-0.2, 0) is 11.3 Å². The smallest absolute Gasteiger partial charge is 0.234 e. The fraction of sp³-hybridized carbons (Fsp3) is 0.588. The first-order valence-corrected chi connectivity index (χ1v) is 8.60. The second kappa shape index (κ2) is 7.18. The third-order valence-electron chi connectivity index (χ3n) is 4.97. The number of halogens is 1. The second-order valence-electron chi connectivity index (χ2n) is 6.64. The molecular formula is C17H24ClN3O2. The molecule has 2 aliphatic heterocycles. The number of rotatable bonds is 4. The number of aliphatic hydroxyl groups is 1. The molecule has 2 saturated heterocycles. The highest BCUT2D eigenvalue weighted by Gasteiger charge is 2.39. The van der Waals surface area contributed by atoms with Gasteiger partial charge in [-0.25, -0.2) is 0 Å². The molecule has 2 atom stereocenters. The molecule has 0 saturated carbocycles. The molecule has 0 radical (unpaired) electrons. The highest BCUT2D eigenvalue weighted by molar-refractivity contribution is 6.30. The van der Waals surface area contributed by atoms with Crippen LogP contribution < -0.4 is 5.73 Å². The molecule has 0 unspecified atom stereocenters. The van der Waals surface area contributed by atoms with Crippen molar-refractivity contribution >= 4 is 17.5 Å². The summed E-state index contributed by atoms with van der Waals surface area (Å²) in [6, 6.07) is 7.99. The molecule has 2 heterocycles. The minimum Gasteiger partial charge on any atom is -0.392 e. The van der Waals surface area contributed by atoms with Gasteiger partial charge in [0.1, 0.15) is 0 Å². The van der Waals surface area contributed by atoms with E-state index >= 15 is 0 Å². The van der Waals surface area contributed by atoms with Gasteiger partial charge in [0.25, 0.3) is 0 Å². The molecule has 0 spiro atoms. The average molecular weight is 338 g/mol. The number of hydrogen-bond donors (Lipinski definition) is 2. The largest absolute Gasteiger partial charge is 0.392 e. The average Bonchev–Trinajstić information content (AvgIpc) is 2.90. The topological polar surface area (TPSA) is 69.8 Å². The summed E-state index contributed by atoms with van der Waals surface area (Å²) in [7, 11) is 0. The van der Waals surface area contributed by atoms with Crippen LogP contribution in [0.2, 0.25) is 5.02 Å². The fourth-order valence-corrected chi connectivity index (χ4v) is 4.04. The molecule has 1 aromatic rings. The lowest BCUT2D eigenvalue weighted by atomic mass is 10.0. The third-order valence-corrected chi connectivity index (χ3v) is 5.20. The first kappa shape index (κ1) is 16.7. The Balaban J connectivity index is 1.55. The van der Waals surface area contributed by atoms with Gasteiger partial charge in [-0.2, -0.15) is 0 Å². The Hall–Kier alpha value is -1.14. The summed E-state index contributed by atoms with van der Waals surface area (Å²) >= 11 is 6.04. The predicted octanol–water partition coefficient (Wildman–Crippen LogP) is 1.22. The molecule has 0 aliphatic carbocycles. The molecule has 2 aliphatic rings. The number of nitrogens with two attached hydrogens (primary N) is 1. The quantitative estimate of drug-likeness (QED) is 0.867. The SMILES string of the molecule is NC(=O)[C@@H]1C[C@@H](O)CN1C1CCN(Cc2cccc(Cl)c2)CC1. The van der Waals surface area contributed by atoms with E-state index in [1.165, 1.54) is 5.56 Å². The van der Waals surface area contributed by atoms with Crippen LogP contribution in [0.25, 0.3) is 0 Å². The van der Waals surface area contributed by atoms with Crippen molar-refractivity contribution in [3.05, 3.63) is 34.9 Å². The van der Waals surface area contributed by atoms with E-state index in [0.717, 1.165) is 37.5 Å². The number of benzene rings is 1. The molecule has 6 heteroatoms. The molecular weight excluding hydrogens is 314 g/mol. The maximum atomic E-state index is 11.6. The lowest BCUT2D eigenvalue weighted by molar-refractivity contribution is -0.123. The lowest BCUT2D eigenvalue weighted by Crippen LogP contribution is -2.50. The maximum absolute atomic E-state index is 11.6. The van der Waals surface area contributed by atoms with Crippen molar-refractivity contribution in [1.82, 2.24) is 9.80 Å². The molecule has 1 amide bonds. The molecule has 0 aromatic heterocycles. The van der Waals surface area contributed by atoms with E-state index in [-0.39, 0.29) is 11.9 Å². The van der Waals surface area contributed by atoms with E-state index in [9.17, 15) is 9.90 Å². The highest BCUT2D eigenvalue weighted by Crippen LogP contribution is 2.27. The summed E-state index contributed by atoms with van der Waals surface area (Å²) in [5.41, 5.74) is 6.71. The van der Waals surface area contributed by atoms with E-state index < -0.39 is 6.10 Å². The summed E-state index contributed by atoms with van der Waals surface area (Å²) in [4.78, 5) is 16.1. The molecule has 1 aromatic carbocycles. The maximum Gasteiger partial charge on any atom is 0.234 e. The van der Waals surface area contributed by atoms with Crippen molar-refractivity contribution < 1.29 is 9.90 Å². The molecule has 2 fully saturated rings. The monoisotopic (exact) mass is 337 g/mol. The van der Waals surface area contributed by atoms with Crippen LogP contribution in [0, 0.1) is 0 Å². The van der Waals surface area contributed by atoms with Crippen LogP contribution in [0.5, 0.6) is 0 Å². The number of hydrogen-bond acceptors (Lipinski definition) is 4. The van der Waals surface area contributed by atoms with E-state index in [4.69, 9.17) is 17.3 Å². The number of piperidine rings is 1. The van der Waals surface area contributed by atoms with Crippen molar-refractivity contribution in [2.75, 3.05) is 19.6 Å². The van der Waals surface area contributed by atoms with Gasteiger partial charge in [0, 0.05) is 24.2 Å². The molecule has 5 nitrogen and oxygen atoms in total. The summed E-state index contributed by atoms with van der Waals surface area (Å²) in [6.45, 7) is 3.42. The van der Waals surface area contributed by atoms with Crippen LogP contribution in [-0.4, -0.2) is 58.6 Å². The highest BCUT2D eigenvalue weighted by atomic mass is 35.5. The van der Waals surface area contributed by atoms with Crippen molar-refractivity contribution in [2.24, 2.45) is 5.73 Å². The summed E-state index contributed by atoms with van der Waals surface area (Å²) in [6.07, 6.45) is 2.03. The van der Waals surface area contributed by atoms with E-state index in [1.54, 1.807) is 0 Å². The number of carbonyl (C=O) groups is 1. The molecule has 126 valence electrons. The zero-order valence-corrected chi connectivity index (χ0v) is 14.0. The van der Waals surface area contributed by atoms with Gasteiger partial charge in [0.05, 0.1) is 12.1 Å². The van der Waals surface area contributed by atoms with Gasteiger partial charge in [0.15, 0.2) is 0 Å². The van der Waals surface area contributed by atoms with Crippen molar-refractivity contribution in [1.29, 1.82) is 0 Å². The van der Waals surface area contributed by atoms with Gasteiger partial charge in [-0.1, -0.05) is 23.7 Å². The van der Waals surface area contributed by atoms with Crippen LogP contribution in [0.3, 0.4) is 0 Å². The first-order valence-electron chi connectivity index (χ1n) is 8.23. The number of β-amino-alcohol motifs (C(OH)–C–C–N with tert-alkyl or cyclic N) is 1. The molecule has 23 heavy (non-hydrogen) atoms. The molecule has 3 N–H and O–H groups in total. The number of amides is 1. The van der Waals surface area contributed by atoms with E-state index in [1.807, 2.05) is 18.2 Å². The summed E-state index contributed by atoms with van der Waals surface area (Å²) < 4.78 is 0. The van der Waals surface area contributed by atoms with E-state index in [2.05, 4.69) is 15.9 Å². The van der Waals surface area contributed by atoms with E-state index in [0.29, 0.717) is 19.0 Å². The Kier molecular flexibility index (Phi) is 5.21. The van der Waals surface area contributed by atoms with Gasteiger partial charge >= 0.3 is 0 Å². The first-order chi connectivity index (χ1) is 11.0. The van der Waals surface area contributed by atoms with Crippen molar-refractivity contribution in [3.8, 4) is 0 Å². The predicted molar refractivity (Wildman–Crippen MR) is 90.1 cm³/mol. The Labute approximate surface area is 142 Å². The number of carbonyl (C=O) groups excluding carboxylic acids is 1. The Bertz CT molecular complexity index is 561. The van der Waals surface area contributed by atoms with Gasteiger partial charge in [-0.15, -0.1) is 0 Å². The van der Waals surface area contributed by atoms with Gasteiger partial charge < -0.3 is 10.8 Å². The summed E-state index contributed by atoms with van der Waals surface area (Å²) in [5.74, 6) is -0.317. The fourth-order valence-electron chi connectivity index (χ4n) is 3.82. The minimum atomic E-state index is -0.433. The van der Waals surface area contributed by atoms with Crippen molar-refractivity contribution in [2.45, 2.75) is 44.0 Å². The molecule has 3 rings (SSSR count). The number of likely N-dealkylation sites (tertiary alicyclic amines) is 2. The lowest BCUT2D eigenvalue weighted by Gasteiger charge is -2.38. The number of aliphatic hydroxyl groups excluding tert-OH is 1. The van der Waals surface area contributed by atoms with Gasteiger partial charge in [-0.05, 0) is 50.0 Å². The minimum absolute atomic E-state index is 0.311. The van der Waals surface area contributed by atoms with Crippen LogP contribution in [0.1, 0.15) is 24.8 Å². The third kappa shape index (κ3) is 4.04. The second-order valence-corrected chi connectivity index (χ2v) is 7.08. The number of primary amides is 1. The van der Waals surface area contributed by atoms with Gasteiger partial charge in [0.2, 0.25) is 5.91 Å².